The highest BCUT2D eigenvalue weighted by molar-refractivity contribution is 7.90. The molecule has 0 aromatic carbocycles. The van der Waals surface area contributed by atoms with Gasteiger partial charge in [-0.3, -0.25) is 4.90 Å². The summed E-state index contributed by atoms with van der Waals surface area (Å²) in [6.45, 7) is 1.76. The highest BCUT2D eigenvalue weighted by atomic mass is 32.2. The number of likely N-dealkylation sites (tertiary alicyclic amines) is 1. The second-order valence-corrected chi connectivity index (χ2v) is 6.77. The first-order valence-corrected chi connectivity index (χ1v) is 7.61. The van der Waals surface area contributed by atoms with Crippen LogP contribution < -0.4 is 4.74 Å². The Balaban J connectivity index is 1.81. The van der Waals surface area contributed by atoms with Gasteiger partial charge >= 0.3 is 0 Å². The van der Waals surface area contributed by atoms with E-state index in [0.717, 1.165) is 6.26 Å². The molecule has 6 nitrogen and oxygen atoms in total. The Labute approximate surface area is 104 Å². The first-order valence-electron chi connectivity index (χ1n) is 5.72. The van der Waals surface area contributed by atoms with Gasteiger partial charge in [-0.1, -0.05) is 0 Å². The van der Waals surface area contributed by atoms with Crippen molar-refractivity contribution in [2.45, 2.75) is 23.7 Å². The van der Waals surface area contributed by atoms with Crippen molar-refractivity contribution < 1.29 is 17.5 Å². The average Bonchev–Trinajstić information content (AvgIpc) is 2.66. The lowest BCUT2D eigenvalue weighted by atomic mass is 10.1. The van der Waals surface area contributed by atoms with Gasteiger partial charge in [-0.05, 0) is 0 Å². The van der Waals surface area contributed by atoms with Gasteiger partial charge < -0.3 is 4.74 Å². The smallest absolute Gasteiger partial charge is 0.231 e. The van der Waals surface area contributed by atoms with Gasteiger partial charge in [0.1, 0.15) is 17.7 Å². The van der Waals surface area contributed by atoms with Crippen molar-refractivity contribution in [3.63, 3.8) is 0 Å². The second kappa shape index (κ2) is 3.92. The number of hydrogen-bond acceptors (Lipinski definition) is 5. The predicted molar refractivity (Wildman–Crippen MR) is 61.1 cm³/mol. The summed E-state index contributed by atoms with van der Waals surface area (Å²) in [5, 5.41) is 4.03. The fourth-order valence-electron chi connectivity index (χ4n) is 2.29. The van der Waals surface area contributed by atoms with Gasteiger partial charge in [0, 0.05) is 19.3 Å². The maximum Gasteiger partial charge on any atom is 0.231 e. The molecule has 3 rings (SSSR count). The van der Waals surface area contributed by atoms with E-state index in [4.69, 9.17) is 4.74 Å². The van der Waals surface area contributed by atoms with Gasteiger partial charge in [0.05, 0.1) is 18.8 Å². The van der Waals surface area contributed by atoms with Crippen molar-refractivity contribution >= 4 is 9.84 Å². The molecule has 100 valence electrons. The molecule has 1 saturated heterocycles. The molecule has 0 saturated carbocycles. The van der Waals surface area contributed by atoms with E-state index < -0.39 is 16.0 Å². The van der Waals surface area contributed by atoms with Gasteiger partial charge in [0.2, 0.25) is 5.88 Å². The number of aromatic nitrogens is 2. The lowest BCUT2D eigenvalue weighted by Gasteiger charge is -2.41. The number of halogens is 1. The van der Waals surface area contributed by atoms with E-state index in [2.05, 4.69) is 5.10 Å². The van der Waals surface area contributed by atoms with Crippen LogP contribution in [0.25, 0.3) is 0 Å². The molecule has 0 bridgehead atoms. The Morgan fingerprint density at radius 1 is 1.44 bits per heavy atom. The molecule has 0 N–H and O–H groups in total. The van der Waals surface area contributed by atoms with Crippen molar-refractivity contribution in [2.75, 3.05) is 26.0 Å². The Bertz CT molecular complexity index is 565. The summed E-state index contributed by atoms with van der Waals surface area (Å²) in [5.41, 5.74) is 0. The predicted octanol–water partition coefficient (Wildman–Crippen LogP) is -0.299. The normalized spacial score (nSPS) is 25.3. The molecule has 1 atom stereocenters. The third kappa shape index (κ3) is 1.89. The minimum Gasteiger partial charge on any atom is -0.475 e. The van der Waals surface area contributed by atoms with Gasteiger partial charge in [-0.2, -0.15) is 5.10 Å². The van der Waals surface area contributed by atoms with Crippen LogP contribution in [0.1, 0.15) is 0 Å². The summed E-state index contributed by atoms with van der Waals surface area (Å²) in [4.78, 5) is 2.10. The Morgan fingerprint density at radius 3 is 2.78 bits per heavy atom. The summed E-state index contributed by atoms with van der Waals surface area (Å²) in [7, 11) is -3.32. The number of rotatable bonds is 2. The third-order valence-electron chi connectivity index (χ3n) is 3.34. The van der Waals surface area contributed by atoms with E-state index in [9.17, 15) is 12.8 Å². The van der Waals surface area contributed by atoms with Gasteiger partial charge in [0.15, 0.2) is 9.84 Å². The molecule has 1 fully saturated rings. The standard InChI is InChI=1S/C10H14FN3O3S/c1-18(15,16)9-2-12-14-5-8(6-17-10(9)14)13-3-7(11)4-13/h2,7-8H,3-6H2,1H3. The Morgan fingerprint density at radius 2 is 2.17 bits per heavy atom. The van der Waals surface area contributed by atoms with Crippen molar-refractivity contribution in [3.8, 4) is 5.88 Å². The molecule has 8 heteroatoms. The Hall–Kier alpha value is -1.15. The summed E-state index contributed by atoms with van der Waals surface area (Å²) >= 11 is 0. The molecule has 2 aliphatic rings. The van der Waals surface area contributed by atoms with Crippen molar-refractivity contribution in [1.29, 1.82) is 0 Å². The van der Waals surface area contributed by atoms with Crippen LogP contribution >= 0.6 is 0 Å². The second-order valence-electron chi connectivity index (χ2n) is 4.78. The number of alkyl halides is 1. The van der Waals surface area contributed by atoms with Crippen LogP contribution in [0.5, 0.6) is 5.88 Å². The van der Waals surface area contributed by atoms with Crippen LogP contribution in [0, 0.1) is 0 Å². The van der Waals surface area contributed by atoms with Crippen LogP contribution in [-0.4, -0.2) is 61.3 Å². The minimum atomic E-state index is -3.32. The van der Waals surface area contributed by atoms with E-state index in [1.165, 1.54) is 10.9 Å². The fourth-order valence-corrected chi connectivity index (χ4v) is 3.01. The van der Waals surface area contributed by atoms with Crippen molar-refractivity contribution in [1.82, 2.24) is 14.7 Å². The Kier molecular flexibility index (Phi) is 2.60. The van der Waals surface area contributed by atoms with Crippen molar-refractivity contribution in [3.05, 3.63) is 6.20 Å². The minimum absolute atomic E-state index is 0.0665. The van der Waals surface area contributed by atoms with Crippen LogP contribution in [0.4, 0.5) is 4.39 Å². The highest BCUT2D eigenvalue weighted by Gasteiger charge is 2.36. The molecular formula is C10H14FN3O3S. The maximum absolute atomic E-state index is 12.8. The quantitative estimate of drug-likeness (QED) is 0.741. The van der Waals surface area contributed by atoms with E-state index in [1.807, 2.05) is 4.90 Å². The molecule has 0 radical (unpaired) electrons. The van der Waals surface area contributed by atoms with E-state index in [1.54, 1.807) is 0 Å². The molecule has 2 aliphatic heterocycles. The molecule has 18 heavy (non-hydrogen) atoms. The SMILES string of the molecule is CS(=O)(=O)c1cnn2c1OCC(N1CC(F)C1)C2. The molecular weight excluding hydrogens is 261 g/mol. The van der Waals surface area contributed by atoms with E-state index >= 15 is 0 Å². The number of hydrogen-bond donors (Lipinski definition) is 0. The number of nitrogens with zero attached hydrogens (tertiary/aromatic N) is 3. The lowest BCUT2D eigenvalue weighted by molar-refractivity contribution is -0.0114. The van der Waals surface area contributed by atoms with Crippen LogP contribution in [0.15, 0.2) is 11.1 Å². The number of ether oxygens (including phenoxy) is 1. The molecule has 0 aliphatic carbocycles. The lowest BCUT2D eigenvalue weighted by Crippen LogP contribution is -2.57. The first-order chi connectivity index (χ1) is 8.45. The fraction of sp³-hybridized carbons (Fsp3) is 0.700. The van der Waals surface area contributed by atoms with Crippen LogP contribution in [0.3, 0.4) is 0 Å². The van der Waals surface area contributed by atoms with E-state index in [0.29, 0.717) is 32.1 Å². The zero-order valence-electron chi connectivity index (χ0n) is 9.91. The molecule has 1 aromatic heterocycles. The van der Waals surface area contributed by atoms with Gasteiger partial charge in [-0.15, -0.1) is 0 Å². The zero-order chi connectivity index (χ0) is 12.9. The first kappa shape index (κ1) is 11.9. The van der Waals surface area contributed by atoms with Crippen molar-refractivity contribution in [2.24, 2.45) is 0 Å². The zero-order valence-corrected chi connectivity index (χ0v) is 10.7. The number of fused-ring (bicyclic) bond motifs is 1. The molecule has 0 amide bonds. The maximum atomic E-state index is 12.8. The van der Waals surface area contributed by atoms with E-state index in [-0.39, 0.29) is 10.9 Å². The molecule has 1 unspecified atom stereocenters. The molecule has 3 heterocycles. The van der Waals surface area contributed by atoms with Crippen LogP contribution in [-0.2, 0) is 16.4 Å². The number of sulfone groups is 1. The summed E-state index contributed by atoms with van der Waals surface area (Å²) < 4.78 is 42.8. The topological polar surface area (TPSA) is 64.4 Å². The van der Waals surface area contributed by atoms with Gasteiger partial charge in [-0.25, -0.2) is 17.5 Å². The third-order valence-corrected chi connectivity index (χ3v) is 4.42. The summed E-state index contributed by atoms with van der Waals surface area (Å²) in [6, 6.07) is 0.0665. The molecule has 0 spiro atoms. The largest absolute Gasteiger partial charge is 0.475 e. The molecule has 1 aromatic rings. The monoisotopic (exact) mass is 275 g/mol. The summed E-state index contributed by atoms with van der Waals surface area (Å²) in [6.07, 6.45) is 1.68. The van der Waals surface area contributed by atoms with Gasteiger partial charge in [0.25, 0.3) is 0 Å². The van der Waals surface area contributed by atoms with Crippen LogP contribution in [0.2, 0.25) is 0 Å². The average molecular weight is 275 g/mol. The summed E-state index contributed by atoms with van der Waals surface area (Å²) in [5.74, 6) is 0.297. The highest BCUT2D eigenvalue weighted by Crippen LogP contribution is 2.29.